The van der Waals surface area contributed by atoms with Crippen LogP contribution in [-0.2, 0) is 10.8 Å². The average Bonchev–Trinajstić information content (AvgIpc) is 2.79. The highest BCUT2D eigenvalue weighted by Crippen LogP contribution is 2.23. The van der Waals surface area contributed by atoms with Gasteiger partial charge in [-0.15, -0.1) is 11.3 Å². The third-order valence-corrected chi connectivity index (χ3v) is 4.85. The Kier molecular flexibility index (Phi) is 4.44. The van der Waals surface area contributed by atoms with Crippen molar-refractivity contribution in [2.75, 3.05) is 5.75 Å². The second-order valence-corrected chi connectivity index (χ2v) is 6.73. The van der Waals surface area contributed by atoms with Gasteiger partial charge in [-0.1, -0.05) is 11.6 Å². The van der Waals surface area contributed by atoms with E-state index in [1.54, 1.807) is 6.07 Å². The molecule has 19 heavy (non-hydrogen) atoms. The van der Waals surface area contributed by atoms with Crippen LogP contribution in [0.2, 0.25) is 4.34 Å². The van der Waals surface area contributed by atoms with E-state index < -0.39 is 34.0 Å². The largest absolute Gasteiger partial charge is 0.292 e. The van der Waals surface area contributed by atoms with Crippen molar-refractivity contribution >= 4 is 39.5 Å². The van der Waals surface area contributed by atoms with E-state index in [2.05, 4.69) is 0 Å². The summed E-state index contributed by atoms with van der Waals surface area (Å²) in [5.74, 6) is -2.32. The molecular weight excluding hydrogens is 314 g/mol. The molecule has 2 nitrogen and oxygen atoms in total. The zero-order valence-electron chi connectivity index (χ0n) is 9.36. The third kappa shape index (κ3) is 3.46. The lowest BCUT2D eigenvalue weighted by molar-refractivity contribution is 0.102. The maximum atomic E-state index is 13.4. The Morgan fingerprint density at radius 1 is 1.26 bits per heavy atom. The van der Waals surface area contributed by atoms with Gasteiger partial charge < -0.3 is 0 Å². The van der Waals surface area contributed by atoms with Crippen molar-refractivity contribution in [3.63, 3.8) is 0 Å². The summed E-state index contributed by atoms with van der Waals surface area (Å²) < 4.78 is 38.7. The molecule has 1 aromatic heterocycles. The highest BCUT2D eigenvalue weighted by atomic mass is 35.5. The smallest absolute Gasteiger partial charge is 0.185 e. The first-order valence-corrected chi connectivity index (χ1v) is 7.60. The second kappa shape index (κ2) is 5.90. The molecule has 0 fully saturated rings. The molecule has 0 aliphatic heterocycles. The van der Waals surface area contributed by atoms with Gasteiger partial charge in [0.05, 0.1) is 30.7 Å². The van der Waals surface area contributed by atoms with E-state index in [1.807, 2.05) is 0 Å². The van der Waals surface area contributed by atoms with Crippen LogP contribution in [0.15, 0.2) is 35.2 Å². The predicted molar refractivity (Wildman–Crippen MR) is 71.3 cm³/mol. The van der Waals surface area contributed by atoms with Crippen molar-refractivity contribution in [3.05, 3.63) is 51.2 Å². The van der Waals surface area contributed by atoms with E-state index in [4.69, 9.17) is 11.6 Å². The second-order valence-electron chi connectivity index (χ2n) is 3.59. The summed E-state index contributed by atoms with van der Waals surface area (Å²) >= 11 is 6.74. The lowest BCUT2D eigenvalue weighted by Crippen LogP contribution is -2.11. The molecular formula is C12H7ClF2O2S2. The lowest BCUT2D eigenvalue weighted by Gasteiger charge is -2.02. The molecule has 1 heterocycles. The van der Waals surface area contributed by atoms with Gasteiger partial charge in [0, 0.05) is 0 Å². The summed E-state index contributed by atoms with van der Waals surface area (Å²) in [5.41, 5.74) is 0. The van der Waals surface area contributed by atoms with Crippen molar-refractivity contribution in [1.82, 2.24) is 0 Å². The quantitative estimate of drug-likeness (QED) is 0.805. The minimum Gasteiger partial charge on any atom is -0.292 e. The lowest BCUT2D eigenvalue weighted by atomic mass is 10.3. The number of hydrogen-bond acceptors (Lipinski definition) is 3. The number of rotatable bonds is 4. The van der Waals surface area contributed by atoms with E-state index in [0.717, 1.165) is 29.5 Å². The number of thiophene rings is 1. The predicted octanol–water partition coefficient (Wildman–Crippen LogP) is 3.67. The number of Topliss-reactive ketones (excluding diaryl/α,β-unsaturated/α-hetero) is 1. The molecule has 0 aliphatic rings. The molecule has 0 N–H and O–H groups in total. The van der Waals surface area contributed by atoms with Gasteiger partial charge in [0.25, 0.3) is 0 Å². The van der Waals surface area contributed by atoms with Gasteiger partial charge in [-0.2, -0.15) is 0 Å². The fraction of sp³-hybridized carbons (Fsp3) is 0.0833. The summed E-state index contributed by atoms with van der Waals surface area (Å²) in [5, 5.41) is 0. The van der Waals surface area contributed by atoms with Crippen molar-refractivity contribution in [3.8, 4) is 0 Å². The maximum absolute atomic E-state index is 13.4. The fourth-order valence-corrected chi connectivity index (χ4v) is 3.53. The van der Waals surface area contributed by atoms with E-state index in [0.29, 0.717) is 9.21 Å². The Labute approximate surface area is 119 Å². The number of benzene rings is 1. The first-order valence-electron chi connectivity index (χ1n) is 5.09. The highest BCUT2D eigenvalue weighted by Gasteiger charge is 2.17. The number of halogens is 3. The van der Waals surface area contributed by atoms with Crippen LogP contribution in [0.3, 0.4) is 0 Å². The summed E-state index contributed by atoms with van der Waals surface area (Å²) in [6, 6.07) is 5.70. The summed E-state index contributed by atoms with van der Waals surface area (Å²) in [7, 11) is -1.93. The minimum atomic E-state index is -1.93. The Morgan fingerprint density at radius 2 is 2.00 bits per heavy atom. The molecule has 1 unspecified atom stereocenters. The first-order chi connectivity index (χ1) is 8.97. The third-order valence-electron chi connectivity index (χ3n) is 2.25. The zero-order chi connectivity index (χ0) is 14.0. The molecule has 0 amide bonds. The molecule has 0 bridgehead atoms. The van der Waals surface area contributed by atoms with Crippen LogP contribution in [0.5, 0.6) is 0 Å². The standard InChI is InChI=1S/C12H7ClF2O2S2/c13-12-4-3-10(18-12)9(16)6-19(17)11-5-7(14)1-2-8(11)15/h1-5H,6H2. The van der Waals surface area contributed by atoms with Crippen molar-refractivity contribution in [1.29, 1.82) is 0 Å². The fourth-order valence-electron chi connectivity index (χ4n) is 1.38. The molecule has 7 heteroatoms. The van der Waals surface area contributed by atoms with Crippen molar-refractivity contribution < 1.29 is 17.8 Å². The molecule has 1 aromatic carbocycles. The van der Waals surface area contributed by atoms with Crippen LogP contribution in [0.1, 0.15) is 9.67 Å². The number of carbonyl (C=O) groups is 1. The number of carbonyl (C=O) groups excluding carboxylic acids is 1. The van der Waals surface area contributed by atoms with Crippen LogP contribution >= 0.6 is 22.9 Å². The Bertz CT molecular complexity index is 655. The van der Waals surface area contributed by atoms with Crippen LogP contribution < -0.4 is 0 Å². The van der Waals surface area contributed by atoms with Crippen molar-refractivity contribution in [2.24, 2.45) is 0 Å². The van der Waals surface area contributed by atoms with Crippen LogP contribution in [-0.4, -0.2) is 15.7 Å². The summed E-state index contributed by atoms with van der Waals surface area (Å²) in [6.45, 7) is 0. The van der Waals surface area contributed by atoms with Gasteiger partial charge in [0.1, 0.15) is 11.6 Å². The number of hydrogen-bond donors (Lipinski definition) is 0. The van der Waals surface area contributed by atoms with Gasteiger partial charge in [-0.3, -0.25) is 9.00 Å². The SMILES string of the molecule is O=C(CS(=O)c1cc(F)ccc1F)c1ccc(Cl)s1. The minimum absolute atomic E-state index is 0.309. The van der Waals surface area contributed by atoms with Gasteiger partial charge in [-0.25, -0.2) is 8.78 Å². The molecule has 0 saturated heterocycles. The van der Waals surface area contributed by atoms with Crippen LogP contribution in [0.25, 0.3) is 0 Å². The van der Waals surface area contributed by atoms with Crippen LogP contribution in [0.4, 0.5) is 8.78 Å². The van der Waals surface area contributed by atoms with Gasteiger partial charge in [0.2, 0.25) is 0 Å². The van der Waals surface area contributed by atoms with E-state index in [1.165, 1.54) is 6.07 Å². The normalized spacial score (nSPS) is 12.4. The van der Waals surface area contributed by atoms with E-state index in [9.17, 15) is 17.8 Å². The molecule has 0 radical (unpaired) electrons. The maximum Gasteiger partial charge on any atom is 0.185 e. The molecule has 0 aliphatic carbocycles. The molecule has 0 spiro atoms. The van der Waals surface area contributed by atoms with Crippen LogP contribution in [0, 0.1) is 11.6 Å². The monoisotopic (exact) mass is 320 g/mol. The van der Waals surface area contributed by atoms with Gasteiger partial charge in [0.15, 0.2) is 5.78 Å². The molecule has 100 valence electrons. The summed E-state index contributed by atoms with van der Waals surface area (Å²) in [6.07, 6.45) is 0. The number of ketones is 1. The zero-order valence-corrected chi connectivity index (χ0v) is 11.7. The molecule has 1 atom stereocenters. The molecule has 2 rings (SSSR count). The first kappa shape index (κ1) is 14.3. The van der Waals surface area contributed by atoms with Gasteiger partial charge >= 0.3 is 0 Å². The summed E-state index contributed by atoms with van der Waals surface area (Å²) in [4.78, 5) is 11.8. The Balaban J connectivity index is 2.17. The topological polar surface area (TPSA) is 34.1 Å². The Morgan fingerprint density at radius 3 is 2.63 bits per heavy atom. The van der Waals surface area contributed by atoms with Crippen molar-refractivity contribution in [2.45, 2.75) is 4.90 Å². The Hall–Kier alpha value is -1.11. The molecule has 0 saturated carbocycles. The average molecular weight is 321 g/mol. The van der Waals surface area contributed by atoms with E-state index in [-0.39, 0.29) is 4.90 Å². The molecule has 2 aromatic rings. The van der Waals surface area contributed by atoms with E-state index >= 15 is 0 Å². The van der Waals surface area contributed by atoms with Gasteiger partial charge in [-0.05, 0) is 30.3 Å². The highest BCUT2D eigenvalue weighted by molar-refractivity contribution is 7.85.